The summed E-state index contributed by atoms with van der Waals surface area (Å²) in [6, 6.07) is 10.4. The molecule has 2 aromatic rings. The van der Waals surface area contributed by atoms with E-state index in [-0.39, 0.29) is 11.4 Å². The van der Waals surface area contributed by atoms with Crippen LogP contribution in [-0.4, -0.2) is 28.0 Å². The Labute approximate surface area is 137 Å². The topological polar surface area (TPSA) is 66.9 Å². The zero-order valence-electron chi connectivity index (χ0n) is 14.0. The van der Waals surface area contributed by atoms with E-state index in [1.807, 2.05) is 39.0 Å². The molecule has 0 aliphatic heterocycles. The lowest BCUT2D eigenvalue weighted by atomic mass is 10.1. The number of hydrogen-bond donors (Lipinski definition) is 2. The van der Waals surface area contributed by atoms with Crippen molar-refractivity contribution in [3.8, 4) is 0 Å². The minimum atomic E-state index is -0.272. The lowest BCUT2D eigenvalue weighted by molar-refractivity contribution is 0.0919. The Morgan fingerprint density at radius 1 is 1.09 bits per heavy atom. The summed E-state index contributed by atoms with van der Waals surface area (Å²) < 4.78 is 0. The van der Waals surface area contributed by atoms with Gasteiger partial charge in [0.15, 0.2) is 0 Å². The second-order valence-electron chi connectivity index (χ2n) is 6.52. The van der Waals surface area contributed by atoms with Gasteiger partial charge in [0, 0.05) is 24.5 Å². The van der Waals surface area contributed by atoms with Gasteiger partial charge in [0.05, 0.1) is 5.56 Å². The molecule has 0 saturated carbocycles. The molecule has 0 fully saturated rings. The van der Waals surface area contributed by atoms with E-state index < -0.39 is 0 Å². The Balaban J connectivity index is 1.78. The molecular weight excluding hydrogens is 288 g/mol. The van der Waals surface area contributed by atoms with Gasteiger partial charge >= 0.3 is 0 Å². The number of benzene rings is 1. The smallest absolute Gasteiger partial charge is 0.254 e. The summed E-state index contributed by atoms with van der Waals surface area (Å²) in [5, 5.41) is 6.06. The highest BCUT2D eigenvalue weighted by Gasteiger charge is 2.15. The van der Waals surface area contributed by atoms with Crippen molar-refractivity contribution in [3.05, 3.63) is 53.9 Å². The maximum Gasteiger partial charge on any atom is 0.254 e. The van der Waals surface area contributed by atoms with Gasteiger partial charge in [-0.05, 0) is 39.2 Å². The molecule has 0 bridgehead atoms. The maximum absolute atomic E-state index is 12.0. The largest absolute Gasteiger partial charge is 0.354 e. The van der Waals surface area contributed by atoms with Crippen LogP contribution in [0.1, 0.15) is 43.1 Å². The van der Waals surface area contributed by atoms with E-state index in [2.05, 4.69) is 32.7 Å². The first kappa shape index (κ1) is 16.9. The number of aryl methyl sites for hydroxylation is 1. The predicted molar refractivity (Wildman–Crippen MR) is 92.5 cm³/mol. The Hall–Kier alpha value is -2.43. The van der Waals surface area contributed by atoms with Crippen LogP contribution >= 0.6 is 0 Å². The number of nitrogens with one attached hydrogen (secondary N) is 2. The van der Waals surface area contributed by atoms with Crippen molar-refractivity contribution in [1.82, 2.24) is 15.3 Å². The van der Waals surface area contributed by atoms with Crippen LogP contribution in [-0.2, 0) is 6.42 Å². The minimum Gasteiger partial charge on any atom is -0.354 e. The van der Waals surface area contributed by atoms with Crippen molar-refractivity contribution in [3.63, 3.8) is 0 Å². The molecule has 2 N–H and O–H groups in total. The third-order valence-electron chi connectivity index (χ3n) is 3.17. The van der Waals surface area contributed by atoms with Crippen molar-refractivity contribution in [2.24, 2.45) is 0 Å². The van der Waals surface area contributed by atoms with Gasteiger partial charge in [0.2, 0.25) is 5.95 Å². The highest BCUT2D eigenvalue weighted by Crippen LogP contribution is 2.06. The van der Waals surface area contributed by atoms with E-state index >= 15 is 0 Å². The third kappa shape index (κ3) is 6.06. The number of carbonyl (C=O) groups excluding carboxylic acids is 1. The Morgan fingerprint density at radius 2 is 1.74 bits per heavy atom. The number of nitrogens with zero attached hydrogens (tertiary/aromatic N) is 2. The normalized spacial score (nSPS) is 11.1. The molecule has 0 radical (unpaired) electrons. The van der Waals surface area contributed by atoms with E-state index in [0.717, 1.165) is 19.4 Å². The highest BCUT2D eigenvalue weighted by molar-refractivity contribution is 5.94. The van der Waals surface area contributed by atoms with Gasteiger partial charge in [-0.2, -0.15) is 0 Å². The molecule has 1 aromatic heterocycles. The molecule has 1 amide bonds. The molecule has 0 saturated heterocycles. The average molecular weight is 312 g/mol. The van der Waals surface area contributed by atoms with Gasteiger partial charge < -0.3 is 10.6 Å². The average Bonchev–Trinajstić information content (AvgIpc) is 2.51. The van der Waals surface area contributed by atoms with Gasteiger partial charge in [-0.25, -0.2) is 9.97 Å². The Morgan fingerprint density at radius 3 is 2.35 bits per heavy atom. The molecule has 0 aliphatic rings. The van der Waals surface area contributed by atoms with Crippen LogP contribution in [0, 0.1) is 0 Å². The molecule has 5 heteroatoms. The first-order valence-electron chi connectivity index (χ1n) is 7.86. The summed E-state index contributed by atoms with van der Waals surface area (Å²) in [6.07, 6.45) is 5.11. The zero-order chi connectivity index (χ0) is 16.7. The Kier molecular flexibility index (Phi) is 5.68. The van der Waals surface area contributed by atoms with Crippen LogP contribution in [0.25, 0.3) is 0 Å². The molecule has 0 aliphatic carbocycles. The van der Waals surface area contributed by atoms with Crippen molar-refractivity contribution >= 4 is 11.9 Å². The van der Waals surface area contributed by atoms with Crippen molar-refractivity contribution in [1.29, 1.82) is 0 Å². The van der Waals surface area contributed by atoms with Gasteiger partial charge in [0.25, 0.3) is 5.91 Å². The zero-order valence-corrected chi connectivity index (χ0v) is 14.0. The number of amides is 1. The monoisotopic (exact) mass is 312 g/mol. The van der Waals surface area contributed by atoms with Crippen LogP contribution in [0.4, 0.5) is 5.95 Å². The van der Waals surface area contributed by atoms with Gasteiger partial charge in [0.1, 0.15) is 0 Å². The van der Waals surface area contributed by atoms with E-state index in [1.165, 1.54) is 5.56 Å². The van der Waals surface area contributed by atoms with E-state index in [0.29, 0.717) is 11.5 Å². The maximum atomic E-state index is 12.0. The second kappa shape index (κ2) is 7.72. The lowest BCUT2D eigenvalue weighted by Crippen LogP contribution is -2.40. The van der Waals surface area contributed by atoms with E-state index in [4.69, 9.17) is 0 Å². The molecule has 23 heavy (non-hydrogen) atoms. The lowest BCUT2D eigenvalue weighted by Gasteiger charge is -2.20. The predicted octanol–water partition coefficient (Wildman–Crippen LogP) is 3.05. The summed E-state index contributed by atoms with van der Waals surface area (Å²) in [5.41, 5.74) is 1.52. The molecule has 122 valence electrons. The summed E-state index contributed by atoms with van der Waals surface area (Å²) in [7, 11) is 0. The standard InChI is InChI=1S/C18H24N4O/c1-18(2,3)22-16(23)15-12-20-17(21-13-15)19-11-7-10-14-8-5-4-6-9-14/h4-6,8-9,12-13H,7,10-11H2,1-3H3,(H,22,23)(H,19,20,21). The fourth-order valence-electron chi connectivity index (χ4n) is 2.09. The molecule has 0 atom stereocenters. The van der Waals surface area contributed by atoms with E-state index in [1.54, 1.807) is 12.4 Å². The minimum absolute atomic E-state index is 0.159. The summed E-state index contributed by atoms with van der Waals surface area (Å²) in [5.74, 6) is 0.387. The van der Waals surface area contributed by atoms with Crippen LogP contribution in [0.5, 0.6) is 0 Å². The summed E-state index contributed by atoms with van der Waals surface area (Å²) in [6.45, 7) is 6.61. The third-order valence-corrected chi connectivity index (χ3v) is 3.17. The molecule has 2 rings (SSSR count). The number of anilines is 1. The van der Waals surface area contributed by atoms with E-state index in [9.17, 15) is 4.79 Å². The summed E-state index contributed by atoms with van der Waals surface area (Å²) in [4.78, 5) is 20.4. The number of rotatable bonds is 6. The van der Waals surface area contributed by atoms with Crippen LogP contribution in [0.15, 0.2) is 42.7 Å². The summed E-state index contributed by atoms with van der Waals surface area (Å²) >= 11 is 0. The van der Waals surface area contributed by atoms with Crippen LogP contribution in [0.2, 0.25) is 0 Å². The van der Waals surface area contributed by atoms with Gasteiger partial charge in [-0.1, -0.05) is 30.3 Å². The van der Waals surface area contributed by atoms with Crippen molar-refractivity contribution in [2.45, 2.75) is 39.2 Å². The molecule has 1 heterocycles. The number of hydrogen-bond acceptors (Lipinski definition) is 4. The van der Waals surface area contributed by atoms with Crippen molar-refractivity contribution < 1.29 is 4.79 Å². The first-order chi connectivity index (χ1) is 10.9. The fourth-order valence-corrected chi connectivity index (χ4v) is 2.09. The number of aromatic nitrogens is 2. The second-order valence-corrected chi connectivity index (χ2v) is 6.52. The van der Waals surface area contributed by atoms with Crippen molar-refractivity contribution in [2.75, 3.05) is 11.9 Å². The van der Waals surface area contributed by atoms with Crippen LogP contribution < -0.4 is 10.6 Å². The number of carbonyl (C=O) groups is 1. The Bertz CT molecular complexity index is 618. The molecule has 1 aromatic carbocycles. The first-order valence-corrected chi connectivity index (χ1v) is 7.86. The molecule has 0 unspecified atom stereocenters. The van der Waals surface area contributed by atoms with Gasteiger partial charge in [-0.3, -0.25) is 4.79 Å². The highest BCUT2D eigenvalue weighted by atomic mass is 16.1. The molecular formula is C18H24N4O. The molecule has 0 spiro atoms. The fraction of sp³-hybridized carbons (Fsp3) is 0.389. The quantitative estimate of drug-likeness (QED) is 0.805. The van der Waals surface area contributed by atoms with Gasteiger partial charge in [-0.15, -0.1) is 0 Å². The molecule has 5 nitrogen and oxygen atoms in total. The van der Waals surface area contributed by atoms with Crippen LogP contribution in [0.3, 0.4) is 0 Å². The SMILES string of the molecule is CC(C)(C)NC(=O)c1cnc(NCCCc2ccccc2)nc1.